The van der Waals surface area contributed by atoms with Gasteiger partial charge in [-0.25, -0.2) is 9.07 Å². The average molecular weight is 592 g/mol. The molecule has 0 aliphatic carbocycles. The summed E-state index contributed by atoms with van der Waals surface area (Å²) in [6, 6.07) is 15.7. The van der Waals surface area contributed by atoms with Gasteiger partial charge in [-0.1, -0.05) is 71.9 Å². The topological polar surface area (TPSA) is 64.4 Å². The number of aromatic nitrogens is 2. The highest BCUT2D eigenvalue weighted by atomic mass is 28.4. The van der Waals surface area contributed by atoms with Gasteiger partial charge in [0.2, 0.25) is 0 Å². The highest BCUT2D eigenvalue weighted by Crippen LogP contribution is 2.38. The first kappa shape index (κ1) is 33.1. The van der Waals surface area contributed by atoms with Crippen molar-refractivity contribution in [3.63, 3.8) is 0 Å². The molecule has 0 N–H and O–H groups in total. The maximum atomic E-state index is 13.8. The summed E-state index contributed by atoms with van der Waals surface area (Å²) in [6.07, 6.45) is 4.14. The molecular formula is C34H46FN3O3Si. The Morgan fingerprint density at radius 1 is 1.07 bits per heavy atom. The molecular weight excluding hydrogens is 545 g/mol. The van der Waals surface area contributed by atoms with Gasteiger partial charge in [-0.2, -0.15) is 5.10 Å². The van der Waals surface area contributed by atoms with Gasteiger partial charge in [-0.15, -0.1) is 0 Å². The van der Waals surface area contributed by atoms with E-state index in [4.69, 9.17) is 9.52 Å². The van der Waals surface area contributed by atoms with Gasteiger partial charge >= 0.3 is 0 Å². The zero-order valence-corrected chi connectivity index (χ0v) is 27.6. The van der Waals surface area contributed by atoms with Crippen LogP contribution in [0.1, 0.15) is 87.6 Å². The van der Waals surface area contributed by atoms with E-state index >= 15 is 0 Å². The van der Waals surface area contributed by atoms with Crippen LogP contribution in [-0.4, -0.2) is 47.8 Å². The van der Waals surface area contributed by atoms with Crippen molar-refractivity contribution in [1.29, 1.82) is 0 Å². The van der Waals surface area contributed by atoms with Crippen LogP contribution in [0.4, 0.5) is 4.39 Å². The van der Waals surface area contributed by atoms with E-state index in [1.54, 1.807) is 40.9 Å². The van der Waals surface area contributed by atoms with E-state index in [9.17, 15) is 14.0 Å². The standard InChI is InChI=1S/C34H46FN3O3Si/c1-10-29(41-42(8,9)34(4,5)6)22-28(39)20-21-30-31(24(2)3)32(36-38(30)27-18-16-26(35)17-19-27)33(40)37(7)23-25-14-12-11-13-15-25/h11-21,24,29H,10,22-23H2,1-9H3/b21-20+/t29-/m1/s1. The molecule has 0 fully saturated rings. The number of allylic oxidation sites excluding steroid dienone is 1. The van der Waals surface area contributed by atoms with Gasteiger partial charge in [0.05, 0.1) is 17.5 Å². The second-order valence-corrected chi connectivity index (χ2v) is 17.5. The Kier molecular flexibility index (Phi) is 10.8. The van der Waals surface area contributed by atoms with Crippen molar-refractivity contribution >= 4 is 26.1 Å². The van der Waals surface area contributed by atoms with E-state index in [0.29, 0.717) is 23.6 Å². The summed E-state index contributed by atoms with van der Waals surface area (Å²) >= 11 is 0. The number of nitrogens with zero attached hydrogens (tertiary/aromatic N) is 3. The third kappa shape index (κ3) is 8.13. The first-order valence-electron chi connectivity index (χ1n) is 14.7. The first-order valence-corrected chi connectivity index (χ1v) is 17.6. The lowest BCUT2D eigenvalue weighted by molar-refractivity contribution is -0.116. The van der Waals surface area contributed by atoms with Crippen molar-refractivity contribution in [3.05, 3.63) is 89.0 Å². The van der Waals surface area contributed by atoms with Gasteiger partial charge in [0, 0.05) is 25.6 Å². The molecule has 42 heavy (non-hydrogen) atoms. The van der Waals surface area contributed by atoms with E-state index in [2.05, 4.69) is 33.9 Å². The number of benzene rings is 2. The van der Waals surface area contributed by atoms with Crippen molar-refractivity contribution in [1.82, 2.24) is 14.7 Å². The maximum absolute atomic E-state index is 13.8. The molecule has 0 aliphatic rings. The SMILES string of the molecule is CC[C@H](CC(=O)/C=C/c1c(C(C)C)c(C(=O)N(C)Cc2ccccc2)nn1-c1ccc(F)cc1)O[Si](C)(C)C(C)(C)C. The number of halogens is 1. The summed E-state index contributed by atoms with van der Waals surface area (Å²) in [7, 11) is -0.283. The summed E-state index contributed by atoms with van der Waals surface area (Å²) in [5.74, 6) is -0.716. The van der Waals surface area contributed by atoms with Crippen LogP contribution in [-0.2, 0) is 15.8 Å². The van der Waals surface area contributed by atoms with Gasteiger partial charge in [-0.05, 0) is 72.5 Å². The average Bonchev–Trinajstić information content (AvgIpc) is 3.31. The Labute approximate surface area is 251 Å². The van der Waals surface area contributed by atoms with Crippen molar-refractivity contribution in [2.45, 2.75) is 91.1 Å². The fourth-order valence-corrected chi connectivity index (χ4v) is 5.98. The molecule has 3 rings (SSSR count). The fraction of sp³-hybridized carbons (Fsp3) is 0.441. The van der Waals surface area contributed by atoms with Crippen molar-refractivity contribution in [2.24, 2.45) is 0 Å². The van der Waals surface area contributed by atoms with E-state index in [1.807, 2.05) is 51.1 Å². The molecule has 0 saturated heterocycles. The predicted molar refractivity (Wildman–Crippen MR) is 171 cm³/mol. The minimum atomic E-state index is -2.04. The molecule has 0 bridgehead atoms. The summed E-state index contributed by atoms with van der Waals surface area (Å²) in [5.41, 5.74) is 3.28. The molecule has 0 aliphatic heterocycles. The Bertz CT molecular complexity index is 1390. The Hall–Kier alpha value is -3.36. The Morgan fingerprint density at radius 2 is 1.69 bits per heavy atom. The molecule has 0 radical (unpaired) electrons. The van der Waals surface area contributed by atoms with Crippen LogP contribution >= 0.6 is 0 Å². The Balaban J connectivity index is 1.99. The number of carbonyl (C=O) groups is 2. The molecule has 1 aromatic heterocycles. The largest absolute Gasteiger partial charge is 0.413 e. The van der Waals surface area contributed by atoms with Crippen molar-refractivity contribution in [3.8, 4) is 5.69 Å². The fourth-order valence-electron chi connectivity index (χ4n) is 4.55. The van der Waals surface area contributed by atoms with E-state index in [-0.39, 0.29) is 41.0 Å². The van der Waals surface area contributed by atoms with E-state index in [0.717, 1.165) is 17.5 Å². The van der Waals surface area contributed by atoms with Gasteiger partial charge < -0.3 is 9.33 Å². The smallest absolute Gasteiger partial charge is 0.274 e. The monoisotopic (exact) mass is 591 g/mol. The molecule has 1 amide bonds. The van der Waals surface area contributed by atoms with Crippen LogP contribution in [0.5, 0.6) is 0 Å². The van der Waals surface area contributed by atoms with Crippen LogP contribution in [0.15, 0.2) is 60.7 Å². The van der Waals surface area contributed by atoms with Crippen LogP contribution in [0, 0.1) is 5.82 Å². The second kappa shape index (κ2) is 13.7. The van der Waals surface area contributed by atoms with Crippen LogP contribution in [0.25, 0.3) is 11.8 Å². The predicted octanol–water partition coefficient (Wildman–Crippen LogP) is 8.18. The molecule has 0 spiro atoms. The molecule has 2 aromatic carbocycles. The molecule has 3 aromatic rings. The van der Waals surface area contributed by atoms with E-state index < -0.39 is 8.32 Å². The molecule has 0 saturated carbocycles. The number of carbonyl (C=O) groups excluding carboxylic acids is 2. The van der Waals surface area contributed by atoms with Crippen LogP contribution < -0.4 is 0 Å². The summed E-state index contributed by atoms with van der Waals surface area (Å²) in [6.45, 7) is 17.4. The van der Waals surface area contributed by atoms with Crippen molar-refractivity contribution < 1.29 is 18.4 Å². The molecule has 8 heteroatoms. The third-order valence-corrected chi connectivity index (χ3v) is 12.5. The van der Waals surface area contributed by atoms with Gasteiger partial charge in [0.15, 0.2) is 19.8 Å². The maximum Gasteiger partial charge on any atom is 0.274 e. The van der Waals surface area contributed by atoms with Gasteiger partial charge in [-0.3, -0.25) is 9.59 Å². The lowest BCUT2D eigenvalue weighted by atomic mass is 9.98. The minimum absolute atomic E-state index is 0.0454. The molecule has 1 heterocycles. The normalized spacial score (nSPS) is 13.1. The lowest BCUT2D eigenvalue weighted by Crippen LogP contribution is -2.44. The summed E-state index contributed by atoms with van der Waals surface area (Å²) in [4.78, 5) is 28.6. The lowest BCUT2D eigenvalue weighted by Gasteiger charge is -2.39. The highest BCUT2D eigenvalue weighted by Gasteiger charge is 2.39. The zero-order chi connectivity index (χ0) is 31.2. The molecule has 6 nitrogen and oxygen atoms in total. The second-order valence-electron chi connectivity index (χ2n) is 12.7. The van der Waals surface area contributed by atoms with Crippen molar-refractivity contribution in [2.75, 3.05) is 7.05 Å². The van der Waals surface area contributed by atoms with E-state index in [1.165, 1.54) is 12.1 Å². The summed E-state index contributed by atoms with van der Waals surface area (Å²) in [5, 5.41) is 4.79. The molecule has 226 valence electrons. The zero-order valence-electron chi connectivity index (χ0n) is 26.6. The Morgan fingerprint density at radius 3 is 2.24 bits per heavy atom. The number of rotatable bonds is 12. The molecule has 0 unspecified atom stereocenters. The van der Waals surface area contributed by atoms with Gasteiger partial charge in [0.1, 0.15) is 5.82 Å². The minimum Gasteiger partial charge on any atom is -0.413 e. The first-order chi connectivity index (χ1) is 19.6. The number of amides is 1. The van der Waals surface area contributed by atoms with Gasteiger partial charge in [0.25, 0.3) is 5.91 Å². The highest BCUT2D eigenvalue weighted by molar-refractivity contribution is 6.74. The summed E-state index contributed by atoms with van der Waals surface area (Å²) < 4.78 is 22.0. The van der Waals surface area contributed by atoms with Crippen LogP contribution in [0.3, 0.4) is 0 Å². The van der Waals surface area contributed by atoms with Crippen LogP contribution in [0.2, 0.25) is 18.1 Å². The number of ketones is 1. The third-order valence-electron chi connectivity index (χ3n) is 8.00. The quantitative estimate of drug-likeness (QED) is 0.157. The molecule has 1 atom stereocenters. The number of hydrogen-bond acceptors (Lipinski definition) is 4. The number of hydrogen-bond donors (Lipinski definition) is 0.